The summed E-state index contributed by atoms with van der Waals surface area (Å²) in [5.41, 5.74) is 1.43. The molecule has 10 nitrogen and oxygen atoms in total. The number of nitro benzene ring substituents is 2. The van der Waals surface area contributed by atoms with Crippen molar-refractivity contribution >= 4 is 28.7 Å². The molecule has 10 heteroatoms. The molecule has 1 aliphatic rings. The molecule has 140 valence electrons. The topological polar surface area (TPSA) is 137 Å². The standard InChI is InChI=1S/C16H20N4O6/c1-3-26-15(21)16(2)9-5-4-6-14(16)18-17-12-8-7-11(19(22)23)10-13(12)20(24)25/h7-8,10,17H,3-6,9H2,1-2H3/b18-14+. The number of hydrazone groups is 1. The number of non-ortho nitro benzene ring substituents is 1. The molecule has 26 heavy (non-hydrogen) atoms. The maximum atomic E-state index is 12.3. The van der Waals surface area contributed by atoms with Gasteiger partial charge in [0.05, 0.1) is 28.2 Å². The lowest BCUT2D eigenvalue weighted by molar-refractivity contribution is -0.393. The lowest BCUT2D eigenvalue weighted by atomic mass is 9.74. The minimum Gasteiger partial charge on any atom is -0.465 e. The largest absolute Gasteiger partial charge is 0.465 e. The summed E-state index contributed by atoms with van der Waals surface area (Å²) in [5.74, 6) is -0.376. The molecular weight excluding hydrogens is 344 g/mol. The quantitative estimate of drug-likeness (QED) is 0.464. The number of carbonyl (C=O) groups is 1. The first kappa shape index (κ1) is 19.3. The van der Waals surface area contributed by atoms with Crippen molar-refractivity contribution in [1.82, 2.24) is 0 Å². The number of ether oxygens (including phenoxy) is 1. The van der Waals surface area contributed by atoms with Crippen molar-refractivity contribution in [2.75, 3.05) is 12.0 Å². The molecule has 1 saturated carbocycles. The van der Waals surface area contributed by atoms with Crippen LogP contribution in [0.4, 0.5) is 17.1 Å². The molecule has 1 N–H and O–H groups in total. The number of nitrogens with one attached hydrogen (secondary N) is 1. The van der Waals surface area contributed by atoms with Gasteiger partial charge in [-0.05, 0) is 39.2 Å². The van der Waals surface area contributed by atoms with E-state index in [1.54, 1.807) is 13.8 Å². The second-order valence-corrected chi connectivity index (χ2v) is 6.15. The minimum absolute atomic E-state index is 0.0184. The van der Waals surface area contributed by atoms with Gasteiger partial charge >= 0.3 is 11.7 Å². The van der Waals surface area contributed by atoms with E-state index in [1.165, 1.54) is 6.07 Å². The Hall–Kier alpha value is -3.04. The molecule has 1 aromatic carbocycles. The summed E-state index contributed by atoms with van der Waals surface area (Å²) in [4.78, 5) is 32.9. The summed E-state index contributed by atoms with van der Waals surface area (Å²) in [7, 11) is 0. The number of hydrogen-bond donors (Lipinski definition) is 1. The van der Waals surface area contributed by atoms with E-state index in [9.17, 15) is 25.0 Å². The van der Waals surface area contributed by atoms with Crippen LogP contribution in [0.25, 0.3) is 0 Å². The molecule has 0 spiro atoms. The number of anilines is 1. The van der Waals surface area contributed by atoms with E-state index in [4.69, 9.17) is 4.74 Å². The van der Waals surface area contributed by atoms with Gasteiger partial charge in [-0.25, -0.2) is 0 Å². The summed E-state index contributed by atoms with van der Waals surface area (Å²) >= 11 is 0. The van der Waals surface area contributed by atoms with E-state index in [1.807, 2.05) is 0 Å². The van der Waals surface area contributed by atoms with Gasteiger partial charge in [0, 0.05) is 6.07 Å². The zero-order valence-corrected chi connectivity index (χ0v) is 14.6. The molecule has 2 rings (SSSR count). The van der Waals surface area contributed by atoms with E-state index >= 15 is 0 Å². The van der Waals surface area contributed by atoms with Gasteiger partial charge in [-0.1, -0.05) is 6.42 Å². The number of benzene rings is 1. The van der Waals surface area contributed by atoms with Gasteiger partial charge in [-0.15, -0.1) is 0 Å². The Labute approximate surface area is 149 Å². The Bertz CT molecular complexity index is 763. The number of carbonyl (C=O) groups excluding carboxylic acids is 1. The second-order valence-electron chi connectivity index (χ2n) is 6.15. The fourth-order valence-corrected chi connectivity index (χ4v) is 2.89. The molecule has 0 amide bonds. The molecule has 0 saturated heterocycles. The van der Waals surface area contributed by atoms with Crippen LogP contribution in [0.1, 0.15) is 39.5 Å². The van der Waals surface area contributed by atoms with Gasteiger partial charge in [0.2, 0.25) is 0 Å². The number of nitro groups is 2. The molecular formula is C16H20N4O6. The van der Waals surface area contributed by atoms with Crippen LogP contribution in [-0.4, -0.2) is 28.1 Å². The van der Waals surface area contributed by atoms with Crippen LogP contribution in [0.15, 0.2) is 23.3 Å². The van der Waals surface area contributed by atoms with Crippen LogP contribution in [0.2, 0.25) is 0 Å². The van der Waals surface area contributed by atoms with Gasteiger partial charge in [0.15, 0.2) is 0 Å². The summed E-state index contributed by atoms with van der Waals surface area (Å²) in [6.07, 6.45) is 2.83. The SMILES string of the molecule is CCOC(=O)C1(C)CCCC/C1=N\Nc1ccc([N+](=O)[O-])cc1[N+](=O)[O-]. The van der Waals surface area contributed by atoms with Crippen molar-refractivity contribution in [3.63, 3.8) is 0 Å². The van der Waals surface area contributed by atoms with Crippen molar-refractivity contribution in [2.24, 2.45) is 10.5 Å². The highest BCUT2D eigenvalue weighted by molar-refractivity contribution is 6.07. The van der Waals surface area contributed by atoms with Crippen molar-refractivity contribution in [3.05, 3.63) is 38.4 Å². The molecule has 1 atom stereocenters. The second kappa shape index (κ2) is 7.89. The summed E-state index contributed by atoms with van der Waals surface area (Å²) in [6.45, 7) is 3.72. The maximum absolute atomic E-state index is 12.3. The lowest BCUT2D eigenvalue weighted by Gasteiger charge is -2.32. The summed E-state index contributed by atoms with van der Waals surface area (Å²) in [5, 5.41) is 26.2. The Morgan fingerprint density at radius 3 is 2.65 bits per heavy atom. The van der Waals surface area contributed by atoms with E-state index < -0.39 is 20.9 Å². The van der Waals surface area contributed by atoms with Crippen molar-refractivity contribution in [2.45, 2.75) is 39.5 Å². The van der Waals surface area contributed by atoms with E-state index in [0.29, 0.717) is 18.6 Å². The monoisotopic (exact) mass is 364 g/mol. The maximum Gasteiger partial charge on any atom is 0.317 e. The van der Waals surface area contributed by atoms with E-state index in [0.717, 1.165) is 25.0 Å². The Kier molecular flexibility index (Phi) is 5.86. The van der Waals surface area contributed by atoms with Gasteiger partial charge < -0.3 is 4.74 Å². The predicted octanol–water partition coefficient (Wildman–Crippen LogP) is 3.41. The highest BCUT2D eigenvalue weighted by Crippen LogP contribution is 2.36. The van der Waals surface area contributed by atoms with Crippen LogP contribution in [-0.2, 0) is 9.53 Å². The van der Waals surface area contributed by atoms with Crippen molar-refractivity contribution in [1.29, 1.82) is 0 Å². The van der Waals surface area contributed by atoms with Crippen LogP contribution in [0, 0.1) is 25.6 Å². The average molecular weight is 364 g/mol. The van der Waals surface area contributed by atoms with E-state index in [-0.39, 0.29) is 24.0 Å². The Morgan fingerprint density at radius 2 is 2.04 bits per heavy atom. The van der Waals surface area contributed by atoms with Crippen LogP contribution in [0.3, 0.4) is 0 Å². The van der Waals surface area contributed by atoms with Crippen molar-refractivity contribution < 1.29 is 19.4 Å². The summed E-state index contributed by atoms with van der Waals surface area (Å²) in [6, 6.07) is 3.25. The normalized spacial score (nSPS) is 21.2. The number of hydrogen-bond acceptors (Lipinski definition) is 8. The van der Waals surface area contributed by atoms with Crippen LogP contribution in [0.5, 0.6) is 0 Å². The first-order chi connectivity index (χ1) is 12.3. The molecule has 0 heterocycles. The number of esters is 1. The zero-order chi connectivity index (χ0) is 19.3. The Balaban J connectivity index is 2.33. The molecule has 1 unspecified atom stereocenters. The minimum atomic E-state index is -0.892. The van der Waals surface area contributed by atoms with Gasteiger partial charge in [0.1, 0.15) is 11.1 Å². The molecule has 0 radical (unpaired) electrons. The number of rotatable bonds is 6. The average Bonchev–Trinajstić information content (AvgIpc) is 2.60. The van der Waals surface area contributed by atoms with Gasteiger partial charge in [-0.3, -0.25) is 30.4 Å². The first-order valence-corrected chi connectivity index (χ1v) is 8.22. The highest BCUT2D eigenvalue weighted by Gasteiger charge is 2.42. The molecule has 1 fully saturated rings. The Morgan fingerprint density at radius 1 is 1.31 bits per heavy atom. The molecule has 0 aliphatic heterocycles. The van der Waals surface area contributed by atoms with E-state index in [2.05, 4.69) is 10.5 Å². The fraction of sp³-hybridized carbons (Fsp3) is 0.500. The fourth-order valence-electron chi connectivity index (χ4n) is 2.89. The van der Waals surface area contributed by atoms with Gasteiger partial charge in [0.25, 0.3) is 5.69 Å². The van der Waals surface area contributed by atoms with Crippen LogP contribution >= 0.6 is 0 Å². The lowest BCUT2D eigenvalue weighted by Crippen LogP contribution is -2.40. The third kappa shape index (κ3) is 3.95. The first-order valence-electron chi connectivity index (χ1n) is 8.22. The molecule has 1 aliphatic carbocycles. The van der Waals surface area contributed by atoms with Crippen LogP contribution < -0.4 is 5.43 Å². The summed E-state index contributed by atoms with van der Waals surface area (Å²) < 4.78 is 5.14. The number of nitrogens with zero attached hydrogens (tertiary/aromatic N) is 3. The molecule has 0 aromatic heterocycles. The third-order valence-corrected chi connectivity index (χ3v) is 4.40. The molecule has 1 aromatic rings. The van der Waals surface area contributed by atoms with Gasteiger partial charge in [-0.2, -0.15) is 5.10 Å². The predicted molar refractivity (Wildman–Crippen MR) is 94.0 cm³/mol. The highest BCUT2D eigenvalue weighted by atomic mass is 16.6. The molecule has 0 bridgehead atoms. The zero-order valence-electron chi connectivity index (χ0n) is 14.6. The third-order valence-electron chi connectivity index (χ3n) is 4.40. The smallest absolute Gasteiger partial charge is 0.317 e. The van der Waals surface area contributed by atoms with Crippen molar-refractivity contribution in [3.8, 4) is 0 Å².